The number of cyclic esters (lactones) is 1. The van der Waals surface area contributed by atoms with E-state index in [1.165, 1.54) is 6.08 Å². The van der Waals surface area contributed by atoms with Crippen molar-refractivity contribution in [3.63, 3.8) is 0 Å². The Bertz CT molecular complexity index is 956. The summed E-state index contributed by atoms with van der Waals surface area (Å²) in [6, 6.07) is -1.00. The van der Waals surface area contributed by atoms with E-state index in [1.807, 2.05) is 0 Å². The van der Waals surface area contributed by atoms with E-state index < -0.39 is 36.2 Å². The molecule has 3 rings (SSSR count). The molecule has 0 aromatic carbocycles. The molecule has 0 fully saturated rings. The fourth-order valence-electron chi connectivity index (χ4n) is 3.12. The van der Waals surface area contributed by atoms with Crippen molar-refractivity contribution in [1.82, 2.24) is 15.6 Å². The summed E-state index contributed by atoms with van der Waals surface area (Å²) < 4.78 is 10.7. The number of rotatable bonds is 0. The van der Waals surface area contributed by atoms with Gasteiger partial charge in [0.2, 0.25) is 0 Å². The number of aromatic nitrogens is 1. The zero-order valence-corrected chi connectivity index (χ0v) is 18.9. The van der Waals surface area contributed by atoms with Crippen LogP contribution in [0.25, 0.3) is 0 Å². The summed E-state index contributed by atoms with van der Waals surface area (Å²) in [4.78, 5) is 42.3. The number of allylic oxidation sites excluding steroid dienone is 2. The highest BCUT2D eigenvalue weighted by Crippen LogP contribution is 2.22. The Labute approximate surface area is 195 Å². The van der Waals surface area contributed by atoms with E-state index in [1.54, 1.807) is 31.2 Å². The number of hydrogen-bond donors (Lipinski definition) is 4. The summed E-state index contributed by atoms with van der Waals surface area (Å²) in [5, 5.41) is 25.6. The average molecular weight is 478 g/mol. The second-order valence-corrected chi connectivity index (χ2v) is 8.76. The molecule has 11 heteroatoms. The number of thioether (sulfide) groups is 1. The number of aliphatic hydroxyl groups is 2. The van der Waals surface area contributed by atoms with Crippen molar-refractivity contribution >= 4 is 29.5 Å². The Balaban J connectivity index is 1.84. The fraction of sp³-hybridized carbons (Fsp3) is 0.455. The van der Waals surface area contributed by atoms with Crippen LogP contribution < -0.4 is 10.6 Å². The number of amides is 2. The number of aliphatic hydroxyl groups excluding tert-OH is 2. The van der Waals surface area contributed by atoms with E-state index in [2.05, 4.69) is 15.6 Å². The van der Waals surface area contributed by atoms with Gasteiger partial charge in [0.1, 0.15) is 18.4 Å². The second kappa shape index (κ2) is 11.8. The second-order valence-electron chi connectivity index (χ2n) is 7.70. The number of ether oxygens (including phenoxy) is 1. The van der Waals surface area contributed by atoms with Crippen molar-refractivity contribution in [2.45, 2.75) is 50.5 Å². The van der Waals surface area contributed by atoms with Gasteiger partial charge in [-0.25, -0.2) is 9.78 Å². The van der Waals surface area contributed by atoms with E-state index in [-0.39, 0.29) is 42.6 Å². The lowest BCUT2D eigenvalue weighted by molar-refractivity contribution is -0.149. The molecular formula is C22H27N3O7S. The topological polar surface area (TPSA) is 151 Å². The Morgan fingerprint density at radius 3 is 2.82 bits per heavy atom. The standard InChI is InChI=1S/C22H27N3O7S/c1-13-6-7-18-21(29)23-8-4-2-3-5-14(26)9-15(27)10-19-24-16(11-31-19)20(28)25-17(12-33-18)22(30)32-13/h2-5,7,11,13-15,17,26-27H,6,8-10,12H2,1H3,(H,23,29)(H,25,28)/b4-2+,5-3+,18-7-/t13-,14+,15+,17-/m1/s1. The lowest BCUT2D eigenvalue weighted by atomic mass is 10.1. The van der Waals surface area contributed by atoms with Gasteiger partial charge in [-0.05, 0) is 6.92 Å². The largest absolute Gasteiger partial charge is 0.461 e. The fourth-order valence-corrected chi connectivity index (χ4v) is 4.10. The molecule has 178 valence electrons. The molecule has 10 nitrogen and oxygen atoms in total. The average Bonchev–Trinajstić information content (AvgIpc) is 3.23. The van der Waals surface area contributed by atoms with Crippen molar-refractivity contribution in [2.24, 2.45) is 0 Å². The van der Waals surface area contributed by atoms with Gasteiger partial charge >= 0.3 is 5.97 Å². The molecule has 0 aliphatic carbocycles. The molecule has 2 amide bonds. The first-order valence-corrected chi connectivity index (χ1v) is 11.6. The zero-order chi connectivity index (χ0) is 23.8. The minimum absolute atomic E-state index is 0.00699. The van der Waals surface area contributed by atoms with Crippen LogP contribution in [-0.4, -0.2) is 69.6 Å². The van der Waals surface area contributed by atoms with Crippen LogP contribution in [0.3, 0.4) is 0 Å². The molecule has 0 unspecified atom stereocenters. The minimum atomic E-state index is -1.00. The van der Waals surface area contributed by atoms with Gasteiger partial charge < -0.3 is 30.0 Å². The molecule has 1 aromatic rings. The molecule has 4 atom stereocenters. The molecular weight excluding hydrogens is 450 g/mol. The smallest absolute Gasteiger partial charge is 0.329 e. The predicted molar refractivity (Wildman–Crippen MR) is 120 cm³/mol. The number of hydrogen-bond acceptors (Lipinski definition) is 9. The molecule has 4 bridgehead atoms. The van der Waals surface area contributed by atoms with Crippen molar-refractivity contribution in [3.8, 4) is 0 Å². The summed E-state index contributed by atoms with van der Waals surface area (Å²) in [7, 11) is 0. The molecule has 1 aromatic heterocycles. The number of nitrogens with zero attached hydrogens (tertiary/aromatic N) is 1. The van der Waals surface area contributed by atoms with E-state index in [0.717, 1.165) is 18.0 Å². The maximum Gasteiger partial charge on any atom is 0.329 e. The number of oxazole rings is 1. The lowest BCUT2D eigenvalue weighted by Crippen LogP contribution is -2.44. The third-order valence-electron chi connectivity index (χ3n) is 4.84. The maximum atomic E-state index is 12.6. The summed E-state index contributed by atoms with van der Waals surface area (Å²) in [6.45, 7) is 1.97. The van der Waals surface area contributed by atoms with Crippen LogP contribution in [-0.2, 0) is 20.7 Å². The Kier molecular flexibility index (Phi) is 8.87. The third-order valence-corrected chi connectivity index (χ3v) is 6.00. The molecule has 33 heavy (non-hydrogen) atoms. The molecule has 0 saturated heterocycles. The quantitative estimate of drug-likeness (QED) is 0.394. The summed E-state index contributed by atoms with van der Waals surface area (Å²) >= 11 is 1.15. The summed E-state index contributed by atoms with van der Waals surface area (Å²) in [5.74, 6) is -1.34. The molecule has 0 saturated carbocycles. The van der Waals surface area contributed by atoms with Gasteiger partial charge in [0.25, 0.3) is 11.8 Å². The Morgan fingerprint density at radius 1 is 1.18 bits per heavy atom. The first-order valence-electron chi connectivity index (χ1n) is 10.6. The summed E-state index contributed by atoms with van der Waals surface area (Å²) in [6.07, 6.45) is 7.47. The number of fused-ring (bicyclic) bond motifs is 5. The van der Waals surface area contributed by atoms with Gasteiger partial charge in [-0.15, -0.1) is 11.8 Å². The van der Waals surface area contributed by atoms with E-state index in [4.69, 9.17) is 9.15 Å². The molecule has 0 spiro atoms. The van der Waals surface area contributed by atoms with Crippen LogP contribution in [0.4, 0.5) is 0 Å². The van der Waals surface area contributed by atoms with Crippen LogP contribution in [0.2, 0.25) is 0 Å². The van der Waals surface area contributed by atoms with Crippen molar-refractivity contribution in [3.05, 3.63) is 53.1 Å². The third kappa shape index (κ3) is 7.58. The van der Waals surface area contributed by atoms with Crippen LogP contribution in [0.5, 0.6) is 0 Å². The van der Waals surface area contributed by atoms with Crippen LogP contribution in [0.1, 0.15) is 36.1 Å². The van der Waals surface area contributed by atoms with Gasteiger partial charge in [0.05, 0.1) is 23.5 Å². The first kappa shape index (κ1) is 24.7. The molecule has 0 radical (unpaired) electrons. The Morgan fingerprint density at radius 2 is 2.00 bits per heavy atom. The van der Waals surface area contributed by atoms with Gasteiger partial charge in [0, 0.05) is 25.1 Å². The lowest BCUT2D eigenvalue weighted by Gasteiger charge is -2.18. The normalized spacial score (nSPS) is 31.5. The number of carbonyl (C=O) groups excluding carboxylic acids is 3. The Hall–Kier alpha value is -2.89. The maximum absolute atomic E-state index is 12.6. The minimum Gasteiger partial charge on any atom is -0.461 e. The highest BCUT2D eigenvalue weighted by atomic mass is 32.2. The van der Waals surface area contributed by atoms with Crippen molar-refractivity contribution in [1.29, 1.82) is 0 Å². The van der Waals surface area contributed by atoms with Gasteiger partial charge in [-0.3, -0.25) is 9.59 Å². The highest BCUT2D eigenvalue weighted by molar-refractivity contribution is 8.04. The van der Waals surface area contributed by atoms with Gasteiger partial charge in [0.15, 0.2) is 11.6 Å². The van der Waals surface area contributed by atoms with Crippen LogP contribution in [0, 0.1) is 0 Å². The number of carbonyl (C=O) groups is 3. The number of nitrogens with one attached hydrogen (secondary N) is 2. The summed E-state index contributed by atoms with van der Waals surface area (Å²) in [5.41, 5.74) is -0.0589. The van der Waals surface area contributed by atoms with Crippen molar-refractivity contribution < 1.29 is 33.8 Å². The van der Waals surface area contributed by atoms with Gasteiger partial charge in [-0.2, -0.15) is 0 Å². The highest BCUT2D eigenvalue weighted by Gasteiger charge is 2.28. The molecule has 4 N–H and O–H groups in total. The monoisotopic (exact) mass is 477 g/mol. The van der Waals surface area contributed by atoms with E-state index in [9.17, 15) is 24.6 Å². The van der Waals surface area contributed by atoms with Gasteiger partial charge in [-0.1, -0.05) is 30.4 Å². The van der Waals surface area contributed by atoms with Crippen LogP contribution in [0.15, 0.2) is 46.0 Å². The van der Waals surface area contributed by atoms with E-state index >= 15 is 0 Å². The predicted octanol–water partition coefficient (Wildman–Crippen LogP) is 0.622. The van der Waals surface area contributed by atoms with Crippen LogP contribution >= 0.6 is 11.8 Å². The molecule has 2 aliphatic rings. The molecule has 2 aliphatic heterocycles. The molecule has 3 heterocycles. The zero-order valence-electron chi connectivity index (χ0n) is 18.1. The number of esters is 1. The SMILES string of the molecule is C[C@@H]1C/C=C2\SC[C@@H](NC(=O)c3coc(n3)C[C@@H](O)C[C@@H](O)/C=C/C=C/CNC2=O)C(=O)O1. The van der Waals surface area contributed by atoms with E-state index in [0.29, 0.717) is 11.3 Å². The first-order chi connectivity index (χ1) is 15.8. The van der Waals surface area contributed by atoms with Crippen molar-refractivity contribution in [2.75, 3.05) is 12.3 Å².